The molecule has 0 aliphatic heterocycles. The Morgan fingerprint density at radius 2 is 1.75 bits per heavy atom. The van der Waals surface area contributed by atoms with Gasteiger partial charge in [0, 0.05) is 0 Å². The summed E-state index contributed by atoms with van der Waals surface area (Å²) in [6.07, 6.45) is 0. The fourth-order valence-electron chi connectivity index (χ4n) is 1.85. The van der Waals surface area contributed by atoms with Gasteiger partial charge in [-0.15, -0.1) is 0 Å². The van der Waals surface area contributed by atoms with E-state index < -0.39 is 5.92 Å². The van der Waals surface area contributed by atoms with Crippen molar-refractivity contribution in [3.8, 4) is 11.5 Å². The van der Waals surface area contributed by atoms with Crippen molar-refractivity contribution in [2.75, 3.05) is 13.7 Å². The van der Waals surface area contributed by atoms with E-state index in [-0.39, 0.29) is 18.3 Å². The molecule has 1 atom stereocenters. The number of phenolic OH excluding ortho intramolecular Hbond substituents is 1. The summed E-state index contributed by atoms with van der Waals surface area (Å²) in [5.74, 6) is -0.0473. The molecule has 0 bridgehead atoms. The lowest BCUT2D eigenvalue weighted by molar-refractivity contribution is -0.143. The predicted molar refractivity (Wildman–Crippen MR) is 74.8 cm³/mol. The second-order valence-corrected chi connectivity index (χ2v) is 4.29. The molecule has 0 aromatic heterocycles. The Kier molecular flexibility index (Phi) is 4.60. The molecule has 2 aromatic carbocycles. The Morgan fingerprint density at radius 3 is 2.35 bits per heavy atom. The highest BCUT2D eigenvalue weighted by molar-refractivity contribution is 5.78. The predicted octanol–water partition coefficient (Wildman–Crippen LogP) is 2.73. The van der Waals surface area contributed by atoms with Crippen LogP contribution < -0.4 is 4.74 Å². The van der Waals surface area contributed by atoms with E-state index in [1.165, 1.54) is 19.2 Å². The monoisotopic (exact) mass is 272 g/mol. The summed E-state index contributed by atoms with van der Waals surface area (Å²) in [5.41, 5.74) is 0.741. The molecule has 2 aromatic rings. The van der Waals surface area contributed by atoms with Crippen molar-refractivity contribution in [3.05, 3.63) is 60.2 Å². The molecule has 0 saturated carbocycles. The minimum absolute atomic E-state index is 0.154. The van der Waals surface area contributed by atoms with Gasteiger partial charge in [0.15, 0.2) is 0 Å². The zero-order valence-electron chi connectivity index (χ0n) is 11.2. The summed E-state index contributed by atoms with van der Waals surface area (Å²) in [4.78, 5) is 11.9. The topological polar surface area (TPSA) is 55.8 Å². The molecular weight excluding hydrogens is 256 g/mol. The van der Waals surface area contributed by atoms with Crippen LogP contribution in [-0.2, 0) is 9.53 Å². The summed E-state index contributed by atoms with van der Waals surface area (Å²) in [5, 5.41) is 9.29. The number of ether oxygens (including phenoxy) is 2. The van der Waals surface area contributed by atoms with Crippen molar-refractivity contribution in [2.45, 2.75) is 5.92 Å². The van der Waals surface area contributed by atoms with Gasteiger partial charge >= 0.3 is 5.97 Å². The third kappa shape index (κ3) is 3.51. The number of phenols is 1. The Labute approximate surface area is 117 Å². The van der Waals surface area contributed by atoms with E-state index in [2.05, 4.69) is 0 Å². The van der Waals surface area contributed by atoms with Gasteiger partial charge in [-0.2, -0.15) is 0 Å². The Morgan fingerprint density at radius 1 is 1.10 bits per heavy atom. The highest BCUT2D eigenvalue weighted by Gasteiger charge is 2.22. The molecule has 0 radical (unpaired) electrons. The van der Waals surface area contributed by atoms with Crippen LogP contribution in [0.1, 0.15) is 11.5 Å². The van der Waals surface area contributed by atoms with Crippen molar-refractivity contribution in [1.29, 1.82) is 0 Å². The highest BCUT2D eigenvalue weighted by Crippen LogP contribution is 2.22. The third-order valence-electron chi connectivity index (χ3n) is 2.94. The van der Waals surface area contributed by atoms with Gasteiger partial charge in [0.2, 0.25) is 0 Å². The Bertz CT molecular complexity index is 548. The molecule has 0 aliphatic carbocycles. The summed E-state index contributed by atoms with van der Waals surface area (Å²) < 4.78 is 10.4. The minimum atomic E-state index is -0.527. The van der Waals surface area contributed by atoms with Gasteiger partial charge in [0.05, 0.1) is 7.11 Å². The van der Waals surface area contributed by atoms with Gasteiger partial charge in [-0.25, -0.2) is 0 Å². The number of carbonyl (C=O) groups excluding carboxylic acids is 1. The molecule has 104 valence electrons. The molecule has 20 heavy (non-hydrogen) atoms. The molecule has 2 rings (SSSR count). The van der Waals surface area contributed by atoms with Crippen LogP contribution in [0.5, 0.6) is 11.5 Å². The fraction of sp³-hybridized carbons (Fsp3) is 0.188. The average molecular weight is 272 g/mol. The first kappa shape index (κ1) is 13.9. The molecule has 0 spiro atoms. The van der Waals surface area contributed by atoms with Crippen molar-refractivity contribution in [1.82, 2.24) is 0 Å². The summed E-state index contributed by atoms with van der Waals surface area (Å²) in [6, 6.07) is 15.7. The number of methoxy groups -OCH3 is 1. The zero-order valence-corrected chi connectivity index (χ0v) is 11.2. The summed E-state index contributed by atoms with van der Waals surface area (Å²) in [7, 11) is 1.35. The number of hydrogen-bond donors (Lipinski definition) is 1. The largest absolute Gasteiger partial charge is 0.508 e. The van der Waals surface area contributed by atoms with Crippen molar-refractivity contribution in [3.63, 3.8) is 0 Å². The standard InChI is InChI=1S/C16H16O4/c1-19-16(18)15(12-7-9-13(17)10-8-12)11-20-14-5-3-2-4-6-14/h2-10,15,17H,11H2,1H3. The van der Waals surface area contributed by atoms with E-state index in [9.17, 15) is 9.90 Å². The van der Waals surface area contributed by atoms with Gasteiger partial charge in [-0.05, 0) is 29.8 Å². The van der Waals surface area contributed by atoms with E-state index in [0.29, 0.717) is 5.75 Å². The van der Waals surface area contributed by atoms with Crippen LogP contribution in [0.15, 0.2) is 54.6 Å². The van der Waals surface area contributed by atoms with Gasteiger partial charge < -0.3 is 14.6 Å². The van der Waals surface area contributed by atoms with Crippen LogP contribution in [-0.4, -0.2) is 24.8 Å². The van der Waals surface area contributed by atoms with Crippen LogP contribution in [0.3, 0.4) is 0 Å². The average Bonchev–Trinajstić information content (AvgIpc) is 2.50. The Balaban J connectivity index is 2.12. The molecule has 1 N–H and O–H groups in total. The van der Waals surface area contributed by atoms with Gasteiger partial charge in [0.1, 0.15) is 24.0 Å². The van der Waals surface area contributed by atoms with E-state index in [1.807, 2.05) is 30.3 Å². The van der Waals surface area contributed by atoms with Crippen LogP contribution in [0.25, 0.3) is 0 Å². The molecule has 0 aliphatic rings. The Hall–Kier alpha value is -2.49. The number of para-hydroxylation sites is 1. The SMILES string of the molecule is COC(=O)C(COc1ccccc1)c1ccc(O)cc1. The first-order valence-electron chi connectivity index (χ1n) is 6.25. The molecule has 0 saturated heterocycles. The molecule has 0 heterocycles. The molecule has 4 nitrogen and oxygen atoms in total. The second-order valence-electron chi connectivity index (χ2n) is 4.29. The number of benzene rings is 2. The maximum atomic E-state index is 11.9. The van der Waals surface area contributed by atoms with Crippen molar-refractivity contribution in [2.24, 2.45) is 0 Å². The fourth-order valence-corrected chi connectivity index (χ4v) is 1.85. The van der Waals surface area contributed by atoms with Gasteiger partial charge in [0.25, 0.3) is 0 Å². The number of aromatic hydroxyl groups is 1. The summed E-state index contributed by atoms with van der Waals surface area (Å²) >= 11 is 0. The van der Waals surface area contributed by atoms with Gasteiger partial charge in [-0.1, -0.05) is 30.3 Å². The lowest BCUT2D eigenvalue weighted by Crippen LogP contribution is -2.21. The zero-order chi connectivity index (χ0) is 14.4. The maximum absolute atomic E-state index is 11.9. The molecule has 1 unspecified atom stereocenters. The van der Waals surface area contributed by atoms with E-state index in [0.717, 1.165) is 5.56 Å². The third-order valence-corrected chi connectivity index (χ3v) is 2.94. The number of hydrogen-bond acceptors (Lipinski definition) is 4. The second kappa shape index (κ2) is 6.61. The number of carbonyl (C=O) groups is 1. The molecule has 0 amide bonds. The van der Waals surface area contributed by atoms with Crippen molar-refractivity contribution >= 4 is 5.97 Å². The normalized spacial score (nSPS) is 11.7. The van der Waals surface area contributed by atoms with E-state index in [4.69, 9.17) is 9.47 Å². The van der Waals surface area contributed by atoms with E-state index in [1.54, 1.807) is 12.1 Å². The maximum Gasteiger partial charge on any atom is 0.316 e. The minimum Gasteiger partial charge on any atom is -0.508 e. The van der Waals surface area contributed by atoms with Crippen LogP contribution in [0.2, 0.25) is 0 Å². The smallest absolute Gasteiger partial charge is 0.316 e. The molecule has 0 fully saturated rings. The lowest BCUT2D eigenvalue weighted by atomic mass is 10.00. The number of esters is 1. The number of rotatable bonds is 5. The van der Waals surface area contributed by atoms with Crippen LogP contribution in [0.4, 0.5) is 0 Å². The molecule has 4 heteroatoms. The van der Waals surface area contributed by atoms with Crippen LogP contribution >= 0.6 is 0 Å². The van der Waals surface area contributed by atoms with E-state index >= 15 is 0 Å². The van der Waals surface area contributed by atoms with Crippen LogP contribution in [0, 0.1) is 0 Å². The van der Waals surface area contributed by atoms with Crippen molar-refractivity contribution < 1.29 is 19.4 Å². The quantitative estimate of drug-likeness (QED) is 0.850. The first-order valence-corrected chi connectivity index (χ1v) is 6.25. The van der Waals surface area contributed by atoms with Gasteiger partial charge in [-0.3, -0.25) is 4.79 Å². The molecular formula is C16H16O4. The lowest BCUT2D eigenvalue weighted by Gasteiger charge is -2.16. The first-order chi connectivity index (χ1) is 9.70. The summed E-state index contributed by atoms with van der Waals surface area (Å²) in [6.45, 7) is 0.182. The highest BCUT2D eigenvalue weighted by atomic mass is 16.5.